The molecule has 0 bridgehead atoms. The van der Waals surface area contributed by atoms with Gasteiger partial charge in [-0.05, 0) is 12.1 Å². The molecule has 0 saturated heterocycles. The van der Waals surface area contributed by atoms with E-state index in [0.717, 1.165) is 0 Å². The van der Waals surface area contributed by atoms with Gasteiger partial charge >= 0.3 is 0 Å². The van der Waals surface area contributed by atoms with Crippen LogP contribution in [-0.2, 0) is 9.53 Å². The molecule has 15 heavy (non-hydrogen) atoms. The molecule has 0 fully saturated rings. The number of hydrogen-bond acceptors (Lipinski definition) is 2. The van der Waals surface area contributed by atoms with Gasteiger partial charge in [-0.15, -0.1) is 0 Å². The fourth-order valence-corrected chi connectivity index (χ4v) is 1.53. The van der Waals surface area contributed by atoms with Crippen molar-refractivity contribution in [1.29, 1.82) is 0 Å². The molecule has 0 radical (unpaired) electrons. The third kappa shape index (κ3) is 3.54. The predicted octanol–water partition coefficient (Wildman–Crippen LogP) is 3.23. The molecule has 0 aromatic heterocycles. The smallest absolute Gasteiger partial charge is 0.250 e. The Morgan fingerprint density at radius 1 is 1.27 bits per heavy atom. The lowest BCUT2D eigenvalue weighted by Gasteiger charge is -2.07. The number of methoxy groups -OCH3 is 1. The molecule has 0 aliphatic heterocycles. The number of benzene rings is 1. The van der Waals surface area contributed by atoms with Crippen molar-refractivity contribution in [1.82, 2.24) is 0 Å². The Balaban J connectivity index is 2.86. The van der Waals surface area contributed by atoms with Gasteiger partial charge in [0.2, 0.25) is 5.91 Å². The summed E-state index contributed by atoms with van der Waals surface area (Å²) in [6.07, 6.45) is 0. The van der Waals surface area contributed by atoms with Crippen molar-refractivity contribution >= 4 is 46.4 Å². The van der Waals surface area contributed by atoms with E-state index in [1.807, 2.05) is 0 Å². The number of anilines is 1. The van der Waals surface area contributed by atoms with E-state index in [4.69, 9.17) is 34.8 Å². The lowest BCUT2D eigenvalue weighted by Crippen LogP contribution is -2.17. The van der Waals surface area contributed by atoms with Crippen LogP contribution in [0.5, 0.6) is 0 Å². The van der Waals surface area contributed by atoms with Gasteiger partial charge in [-0.2, -0.15) is 0 Å². The van der Waals surface area contributed by atoms with Crippen molar-refractivity contribution in [2.45, 2.75) is 0 Å². The number of rotatable bonds is 3. The predicted molar refractivity (Wildman–Crippen MR) is 62.0 cm³/mol. The van der Waals surface area contributed by atoms with Crippen LogP contribution >= 0.6 is 34.8 Å². The van der Waals surface area contributed by atoms with Crippen LogP contribution in [0.4, 0.5) is 5.69 Å². The van der Waals surface area contributed by atoms with Gasteiger partial charge < -0.3 is 10.1 Å². The van der Waals surface area contributed by atoms with Crippen molar-refractivity contribution in [3.05, 3.63) is 27.2 Å². The molecule has 3 nitrogen and oxygen atoms in total. The van der Waals surface area contributed by atoms with E-state index in [9.17, 15) is 4.79 Å². The van der Waals surface area contributed by atoms with Gasteiger partial charge in [-0.25, -0.2) is 0 Å². The minimum atomic E-state index is -0.308. The number of carbonyl (C=O) groups is 1. The van der Waals surface area contributed by atoms with Crippen LogP contribution in [0.25, 0.3) is 0 Å². The van der Waals surface area contributed by atoms with Gasteiger partial charge in [0.25, 0.3) is 0 Å². The average Bonchev–Trinajstić information content (AvgIpc) is 2.14. The molecule has 0 aliphatic rings. The lowest BCUT2D eigenvalue weighted by molar-refractivity contribution is -0.119. The van der Waals surface area contributed by atoms with Gasteiger partial charge in [0, 0.05) is 7.11 Å². The zero-order chi connectivity index (χ0) is 11.4. The molecule has 0 saturated carbocycles. The summed E-state index contributed by atoms with van der Waals surface area (Å²) in [4.78, 5) is 11.2. The molecular formula is C9H8Cl3NO2. The molecule has 0 heterocycles. The number of nitrogens with one attached hydrogen (secondary N) is 1. The van der Waals surface area contributed by atoms with Crippen LogP contribution in [0.3, 0.4) is 0 Å². The lowest BCUT2D eigenvalue weighted by atomic mass is 10.3. The summed E-state index contributed by atoms with van der Waals surface area (Å²) in [5.41, 5.74) is 0.410. The molecule has 0 atom stereocenters. The topological polar surface area (TPSA) is 38.3 Å². The standard InChI is InChI=1S/C9H8Cl3NO2/c1-15-4-9(14)13-8-3-6(11)5(10)2-7(8)12/h2-3H,4H2,1H3,(H,13,14). The minimum absolute atomic E-state index is 0.0451. The molecule has 1 N–H and O–H groups in total. The van der Waals surface area contributed by atoms with Crippen LogP contribution in [0.2, 0.25) is 15.1 Å². The largest absolute Gasteiger partial charge is 0.375 e. The summed E-state index contributed by atoms with van der Waals surface area (Å²) >= 11 is 17.4. The molecule has 6 heteroatoms. The number of carbonyl (C=O) groups excluding carboxylic acids is 1. The van der Waals surface area contributed by atoms with Crippen LogP contribution in [0, 0.1) is 0 Å². The summed E-state index contributed by atoms with van der Waals surface area (Å²) in [5, 5.41) is 3.53. The van der Waals surface area contributed by atoms with Gasteiger partial charge in [0.15, 0.2) is 0 Å². The van der Waals surface area contributed by atoms with Gasteiger partial charge in [-0.1, -0.05) is 34.8 Å². The molecular weight excluding hydrogens is 260 g/mol. The zero-order valence-electron chi connectivity index (χ0n) is 7.81. The second-order valence-electron chi connectivity index (χ2n) is 2.73. The Kier molecular flexibility index (Phi) is 4.67. The SMILES string of the molecule is COCC(=O)Nc1cc(Cl)c(Cl)cc1Cl. The summed E-state index contributed by atoms with van der Waals surface area (Å²) < 4.78 is 4.66. The van der Waals surface area contributed by atoms with E-state index in [-0.39, 0.29) is 12.5 Å². The highest BCUT2D eigenvalue weighted by atomic mass is 35.5. The third-order valence-electron chi connectivity index (χ3n) is 1.56. The van der Waals surface area contributed by atoms with Crippen molar-refractivity contribution in [3.8, 4) is 0 Å². The van der Waals surface area contributed by atoms with Crippen LogP contribution in [-0.4, -0.2) is 19.6 Å². The van der Waals surface area contributed by atoms with Gasteiger partial charge in [0.05, 0.1) is 20.8 Å². The molecule has 1 aromatic carbocycles. The Hall–Kier alpha value is -0.480. The summed E-state index contributed by atoms with van der Waals surface area (Å²) in [6, 6.07) is 2.95. The molecule has 0 aliphatic carbocycles. The molecule has 1 amide bonds. The number of hydrogen-bond donors (Lipinski definition) is 1. The second kappa shape index (κ2) is 5.56. The van der Waals surface area contributed by atoms with Gasteiger partial charge in [0.1, 0.15) is 6.61 Å². The van der Waals surface area contributed by atoms with E-state index < -0.39 is 0 Å². The first kappa shape index (κ1) is 12.6. The van der Waals surface area contributed by atoms with E-state index in [2.05, 4.69) is 10.1 Å². The number of amides is 1. The van der Waals surface area contributed by atoms with Crippen LogP contribution < -0.4 is 5.32 Å². The summed E-state index contributed by atoms with van der Waals surface area (Å²) in [6.45, 7) is -0.0451. The van der Waals surface area contributed by atoms with E-state index in [1.165, 1.54) is 19.2 Å². The van der Waals surface area contributed by atoms with Crippen LogP contribution in [0.15, 0.2) is 12.1 Å². The maximum Gasteiger partial charge on any atom is 0.250 e. The van der Waals surface area contributed by atoms with Crippen molar-refractivity contribution < 1.29 is 9.53 Å². The number of halogens is 3. The molecule has 0 unspecified atom stereocenters. The minimum Gasteiger partial charge on any atom is -0.375 e. The maximum absolute atomic E-state index is 11.2. The first-order valence-corrected chi connectivity index (χ1v) is 5.11. The monoisotopic (exact) mass is 267 g/mol. The van der Waals surface area contributed by atoms with Crippen molar-refractivity contribution in [2.75, 3.05) is 19.0 Å². The summed E-state index contributed by atoms with van der Waals surface area (Å²) in [7, 11) is 1.43. The molecule has 0 spiro atoms. The molecule has 82 valence electrons. The van der Waals surface area contributed by atoms with Crippen molar-refractivity contribution in [3.63, 3.8) is 0 Å². The number of ether oxygens (including phenoxy) is 1. The highest BCUT2D eigenvalue weighted by Gasteiger charge is 2.08. The van der Waals surface area contributed by atoms with Gasteiger partial charge in [-0.3, -0.25) is 4.79 Å². The second-order valence-corrected chi connectivity index (χ2v) is 3.95. The Morgan fingerprint density at radius 2 is 1.87 bits per heavy atom. The zero-order valence-corrected chi connectivity index (χ0v) is 10.1. The Bertz CT molecular complexity index is 382. The van der Waals surface area contributed by atoms with E-state index in [1.54, 1.807) is 0 Å². The van der Waals surface area contributed by atoms with Crippen molar-refractivity contribution in [2.24, 2.45) is 0 Å². The highest BCUT2D eigenvalue weighted by Crippen LogP contribution is 2.32. The fourth-order valence-electron chi connectivity index (χ4n) is 0.936. The third-order valence-corrected chi connectivity index (χ3v) is 2.59. The first-order valence-electron chi connectivity index (χ1n) is 3.98. The first-order chi connectivity index (χ1) is 7.04. The quantitative estimate of drug-likeness (QED) is 0.855. The fraction of sp³-hybridized carbons (Fsp3) is 0.222. The molecule has 1 rings (SSSR count). The van der Waals surface area contributed by atoms with E-state index in [0.29, 0.717) is 20.8 Å². The normalized spacial score (nSPS) is 10.1. The maximum atomic E-state index is 11.2. The van der Waals surface area contributed by atoms with E-state index >= 15 is 0 Å². The Labute approximate surface area is 102 Å². The summed E-state index contributed by atoms with van der Waals surface area (Å²) in [5.74, 6) is -0.308. The highest BCUT2D eigenvalue weighted by molar-refractivity contribution is 6.44. The molecule has 1 aromatic rings. The van der Waals surface area contributed by atoms with Crippen LogP contribution in [0.1, 0.15) is 0 Å². The Morgan fingerprint density at radius 3 is 2.47 bits per heavy atom. The average molecular weight is 269 g/mol.